The number of nitrogens with one attached hydrogen (secondary N) is 1. The summed E-state index contributed by atoms with van der Waals surface area (Å²) in [6, 6.07) is 0. The van der Waals surface area contributed by atoms with E-state index in [9.17, 15) is 0 Å². The van der Waals surface area contributed by atoms with Crippen molar-refractivity contribution in [1.82, 2.24) is 5.32 Å². The van der Waals surface area contributed by atoms with Crippen LogP contribution in [0.2, 0.25) is 0 Å². The van der Waals surface area contributed by atoms with Crippen LogP contribution in [-0.4, -0.2) is 12.1 Å². The van der Waals surface area contributed by atoms with Crippen molar-refractivity contribution in [2.75, 3.05) is 6.54 Å². The van der Waals surface area contributed by atoms with Crippen molar-refractivity contribution in [3.8, 4) is 0 Å². The van der Waals surface area contributed by atoms with Gasteiger partial charge in [0.25, 0.3) is 0 Å². The minimum atomic E-state index is 0.435. The average molecular weight is 169 g/mol. The SMILES string of the molecule is CC(C)CC1(C)CCCCCN1. The highest BCUT2D eigenvalue weighted by molar-refractivity contribution is 4.85. The molecule has 1 aliphatic heterocycles. The third-order valence-electron chi connectivity index (χ3n) is 2.82. The first-order chi connectivity index (χ1) is 5.62. The largest absolute Gasteiger partial charge is 0.312 e. The standard InChI is InChI=1S/C11H23N/c1-10(2)9-11(3)7-5-4-6-8-12-11/h10,12H,4-9H2,1-3H3. The first kappa shape index (κ1) is 10.0. The summed E-state index contributed by atoms with van der Waals surface area (Å²) in [6.07, 6.45) is 6.89. The Labute approximate surface area is 76.9 Å². The maximum atomic E-state index is 3.69. The van der Waals surface area contributed by atoms with Crippen LogP contribution < -0.4 is 5.32 Å². The minimum Gasteiger partial charge on any atom is -0.312 e. The van der Waals surface area contributed by atoms with Gasteiger partial charge in [0.15, 0.2) is 0 Å². The van der Waals surface area contributed by atoms with Gasteiger partial charge in [-0.1, -0.05) is 26.7 Å². The van der Waals surface area contributed by atoms with Crippen molar-refractivity contribution in [3.05, 3.63) is 0 Å². The smallest absolute Gasteiger partial charge is 0.0155 e. The normalized spacial score (nSPS) is 32.0. The molecule has 1 heteroatoms. The molecule has 0 aromatic rings. The summed E-state index contributed by atoms with van der Waals surface area (Å²) in [6.45, 7) is 8.25. The quantitative estimate of drug-likeness (QED) is 0.670. The van der Waals surface area contributed by atoms with Gasteiger partial charge in [0.05, 0.1) is 0 Å². The van der Waals surface area contributed by atoms with Gasteiger partial charge in [0.2, 0.25) is 0 Å². The summed E-state index contributed by atoms with van der Waals surface area (Å²) in [7, 11) is 0. The fraction of sp³-hybridized carbons (Fsp3) is 1.00. The lowest BCUT2D eigenvalue weighted by molar-refractivity contribution is 0.285. The predicted octanol–water partition coefficient (Wildman–Crippen LogP) is 2.95. The fourth-order valence-corrected chi connectivity index (χ4v) is 2.37. The van der Waals surface area contributed by atoms with E-state index in [1.807, 2.05) is 0 Å². The Kier molecular flexibility index (Phi) is 3.57. The summed E-state index contributed by atoms with van der Waals surface area (Å²) < 4.78 is 0. The Morgan fingerprint density at radius 1 is 1.25 bits per heavy atom. The molecule has 0 aromatic carbocycles. The second-order valence-electron chi connectivity index (χ2n) is 4.90. The number of hydrogen-bond acceptors (Lipinski definition) is 1. The first-order valence-electron chi connectivity index (χ1n) is 5.37. The molecular formula is C11H23N. The van der Waals surface area contributed by atoms with Crippen LogP contribution in [0, 0.1) is 5.92 Å². The van der Waals surface area contributed by atoms with E-state index in [1.165, 1.54) is 38.6 Å². The molecule has 1 N–H and O–H groups in total. The third kappa shape index (κ3) is 3.14. The number of hydrogen-bond donors (Lipinski definition) is 1. The molecular weight excluding hydrogens is 146 g/mol. The van der Waals surface area contributed by atoms with Crippen LogP contribution >= 0.6 is 0 Å². The van der Waals surface area contributed by atoms with Crippen molar-refractivity contribution in [2.24, 2.45) is 5.92 Å². The topological polar surface area (TPSA) is 12.0 Å². The molecule has 0 radical (unpaired) electrons. The van der Waals surface area contributed by atoms with Crippen molar-refractivity contribution < 1.29 is 0 Å². The molecule has 12 heavy (non-hydrogen) atoms. The lowest BCUT2D eigenvalue weighted by Gasteiger charge is -2.31. The molecule has 0 bridgehead atoms. The van der Waals surface area contributed by atoms with E-state index in [0.29, 0.717) is 5.54 Å². The molecule has 1 heterocycles. The zero-order valence-corrected chi connectivity index (χ0v) is 8.82. The summed E-state index contributed by atoms with van der Waals surface area (Å²) >= 11 is 0. The highest BCUT2D eigenvalue weighted by Crippen LogP contribution is 2.25. The molecule has 1 rings (SSSR count). The van der Waals surface area contributed by atoms with Crippen molar-refractivity contribution in [2.45, 2.75) is 58.4 Å². The lowest BCUT2D eigenvalue weighted by Crippen LogP contribution is -2.42. The van der Waals surface area contributed by atoms with Gasteiger partial charge in [0.1, 0.15) is 0 Å². The molecule has 0 aromatic heterocycles. The zero-order valence-electron chi connectivity index (χ0n) is 8.82. The Balaban J connectivity index is 2.42. The fourth-order valence-electron chi connectivity index (χ4n) is 2.37. The maximum Gasteiger partial charge on any atom is 0.0155 e. The van der Waals surface area contributed by atoms with Crippen LogP contribution in [0.1, 0.15) is 52.9 Å². The van der Waals surface area contributed by atoms with Crippen LogP contribution in [0.25, 0.3) is 0 Å². The van der Waals surface area contributed by atoms with Crippen LogP contribution in [0.5, 0.6) is 0 Å². The van der Waals surface area contributed by atoms with Crippen molar-refractivity contribution in [3.63, 3.8) is 0 Å². The highest BCUT2D eigenvalue weighted by atomic mass is 15.0. The molecule has 1 atom stereocenters. The Bertz CT molecular complexity index is 121. The Morgan fingerprint density at radius 2 is 2.00 bits per heavy atom. The van der Waals surface area contributed by atoms with Crippen LogP contribution in [0.15, 0.2) is 0 Å². The van der Waals surface area contributed by atoms with Crippen LogP contribution in [0.4, 0.5) is 0 Å². The van der Waals surface area contributed by atoms with E-state index in [-0.39, 0.29) is 0 Å². The van der Waals surface area contributed by atoms with E-state index < -0.39 is 0 Å². The molecule has 1 fully saturated rings. The summed E-state index contributed by atoms with van der Waals surface area (Å²) in [5, 5.41) is 3.69. The number of rotatable bonds is 2. The van der Waals surface area contributed by atoms with E-state index in [2.05, 4.69) is 26.1 Å². The summed E-state index contributed by atoms with van der Waals surface area (Å²) in [5.41, 5.74) is 0.435. The second kappa shape index (κ2) is 4.27. The molecule has 1 unspecified atom stereocenters. The van der Waals surface area contributed by atoms with Gasteiger partial charge in [0, 0.05) is 5.54 Å². The van der Waals surface area contributed by atoms with E-state index >= 15 is 0 Å². The predicted molar refractivity (Wildman–Crippen MR) is 54.3 cm³/mol. The van der Waals surface area contributed by atoms with Crippen LogP contribution in [-0.2, 0) is 0 Å². The summed E-state index contributed by atoms with van der Waals surface area (Å²) in [5.74, 6) is 0.820. The van der Waals surface area contributed by atoms with Gasteiger partial charge in [-0.25, -0.2) is 0 Å². The highest BCUT2D eigenvalue weighted by Gasteiger charge is 2.25. The Hall–Kier alpha value is -0.0400. The molecule has 72 valence electrons. The second-order valence-corrected chi connectivity index (χ2v) is 4.90. The van der Waals surface area contributed by atoms with Gasteiger partial charge in [-0.2, -0.15) is 0 Å². The van der Waals surface area contributed by atoms with E-state index in [1.54, 1.807) is 0 Å². The molecule has 0 spiro atoms. The van der Waals surface area contributed by atoms with Crippen molar-refractivity contribution in [1.29, 1.82) is 0 Å². The lowest BCUT2D eigenvalue weighted by atomic mass is 9.87. The molecule has 0 saturated carbocycles. The first-order valence-corrected chi connectivity index (χ1v) is 5.37. The van der Waals surface area contributed by atoms with Gasteiger partial charge in [-0.15, -0.1) is 0 Å². The van der Waals surface area contributed by atoms with E-state index in [0.717, 1.165) is 5.92 Å². The molecule has 1 saturated heterocycles. The van der Waals surface area contributed by atoms with Gasteiger partial charge >= 0.3 is 0 Å². The molecule has 1 aliphatic rings. The monoisotopic (exact) mass is 169 g/mol. The van der Waals surface area contributed by atoms with Gasteiger partial charge in [-0.3, -0.25) is 0 Å². The van der Waals surface area contributed by atoms with Crippen LogP contribution in [0.3, 0.4) is 0 Å². The molecule has 1 nitrogen and oxygen atoms in total. The summed E-state index contributed by atoms with van der Waals surface area (Å²) in [4.78, 5) is 0. The molecule has 0 amide bonds. The maximum absolute atomic E-state index is 3.69. The van der Waals surface area contributed by atoms with E-state index in [4.69, 9.17) is 0 Å². The molecule has 0 aliphatic carbocycles. The minimum absolute atomic E-state index is 0.435. The average Bonchev–Trinajstić information content (AvgIpc) is 2.12. The van der Waals surface area contributed by atoms with Crippen molar-refractivity contribution >= 4 is 0 Å². The van der Waals surface area contributed by atoms with Gasteiger partial charge in [-0.05, 0) is 38.6 Å². The zero-order chi connectivity index (χ0) is 9.03. The third-order valence-corrected chi connectivity index (χ3v) is 2.82. The Morgan fingerprint density at radius 3 is 2.67 bits per heavy atom. The van der Waals surface area contributed by atoms with Gasteiger partial charge < -0.3 is 5.32 Å².